The molecular formula is C15H10ClF3N2. The normalized spacial score (nSPS) is 12.0. The van der Waals surface area contributed by atoms with Crippen molar-refractivity contribution in [1.29, 1.82) is 0 Å². The summed E-state index contributed by atoms with van der Waals surface area (Å²) in [7, 11) is 0. The van der Waals surface area contributed by atoms with Crippen LogP contribution in [0.5, 0.6) is 0 Å². The van der Waals surface area contributed by atoms with Crippen molar-refractivity contribution in [3.05, 3.63) is 70.8 Å². The number of hydrogen-bond acceptors (Lipinski definition) is 1. The molecule has 0 aliphatic rings. The molecule has 0 fully saturated rings. The van der Waals surface area contributed by atoms with E-state index in [0.29, 0.717) is 10.8 Å². The van der Waals surface area contributed by atoms with Gasteiger partial charge in [-0.3, -0.25) is 0 Å². The van der Waals surface area contributed by atoms with Crippen molar-refractivity contribution >= 4 is 17.1 Å². The maximum Gasteiger partial charge on any atom is 0.416 e. The molecule has 0 bridgehead atoms. The number of imidazole rings is 1. The zero-order valence-electron chi connectivity index (χ0n) is 10.7. The Kier molecular flexibility index (Phi) is 3.37. The first kappa shape index (κ1) is 13.9. The van der Waals surface area contributed by atoms with E-state index < -0.39 is 11.7 Å². The number of fused-ring (bicyclic) bond motifs is 1. The molecule has 0 N–H and O–H groups in total. The lowest BCUT2D eigenvalue weighted by Crippen LogP contribution is -2.10. The summed E-state index contributed by atoms with van der Waals surface area (Å²) < 4.78 is 40.7. The van der Waals surface area contributed by atoms with Crippen LogP contribution in [0.1, 0.15) is 17.0 Å². The zero-order chi connectivity index (χ0) is 15.0. The van der Waals surface area contributed by atoms with E-state index >= 15 is 0 Å². The molecule has 21 heavy (non-hydrogen) atoms. The van der Waals surface area contributed by atoms with E-state index in [2.05, 4.69) is 4.98 Å². The van der Waals surface area contributed by atoms with E-state index in [1.54, 1.807) is 35.0 Å². The van der Waals surface area contributed by atoms with Crippen molar-refractivity contribution < 1.29 is 13.2 Å². The number of rotatable bonds is 2. The van der Waals surface area contributed by atoms with Gasteiger partial charge in [0.15, 0.2) is 0 Å². The fraction of sp³-hybridized carbons (Fsp3) is 0.133. The lowest BCUT2D eigenvalue weighted by Gasteiger charge is -2.12. The molecule has 0 aliphatic carbocycles. The molecule has 3 aromatic rings. The Balaban J connectivity index is 2.04. The van der Waals surface area contributed by atoms with Crippen molar-refractivity contribution in [3.8, 4) is 0 Å². The molecule has 0 spiro atoms. The number of alkyl halides is 3. The van der Waals surface area contributed by atoms with E-state index in [4.69, 9.17) is 11.6 Å². The molecule has 3 rings (SSSR count). The predicted octanol–water partition coefficient (Wildman–Crippen LogP) is 4.60. The Morgan fingerprint density at radius 3 is 2.67 bits per heavy atom. The van der Waals surface area contributed by atoms with Gasteiger partial charge < -0.3 is 4.40 Å². The molecule has 0 amide bonds. The standard InChI is InChI=1S/C15H10ClF3N2/c16-11-5-6-21-12(8-11)9-20-14(21)7-10-3-1-2-4-13(10)15(17,18)19/h1-6,8-9H,7H2. The first-order chi connectivity index (χ1) is 9.95. The third kappa shape index (κ3) is 2.74. The minimum absolute atomic E-state index is 0.103. The van der Waals surface area contributed by atoms with Crippen molar-refractivity contribution in [2.24, 2.45) is 0 Å². The van der Waals surface area contributed by atoms with Gasteiger partial charge in [0.25, 0.3) is 0 Å². The maximum absolute atomic E-state index is 13.0. The average molecular weight is 311 g/mol. The van der Waals surface area contributed by atoms with Crippen LogP contribution in [-0.4, -0.2) is 9.38 Å². The van der Waals surface area contributed by atoms with E-state index in [0.717, 1.165) is 11.6 Å². The SMILES string of the molecule is FC(F)(F)c1ccccc1Cc1ncc2cc(Cl)ccn12. The largest absolute Gasteiger partial charge is 0.416 e. The highest BCUT2D eigenvalue weighted by molar-refractivity contribution is 6.30. The highest BCUT2D eigenvalue weighted by Gasteiger charge is 2.33. The second-order valence-electron chi connectivity index (χ2n) is 4.65. The van der Waals surface area contributed by atoms with Crippen molar-refractivity contribution in [2.75, 3.05) is 0 Å². The molecule has 108 valence electrons. The minimum Gasteiger partial charge on any atom is -0.303 e. The van der Waals surface area contributed by atoms with Crippen LogP contribution >= 0.6 is 11.6 Å². The van der Waals surface area contributed by atoms with Gasteiger partial charge in [0.2, 0.25) is 0 Å². The second-order valence-corrected chi connectivity index (χ2v) is 5.08. The molecule has 6 heteroatoms. The van der Waals surface area contributed by atoms with Crippen LogP contribution in [0.25, 0.3) is 5.52 Å². The van der Waals surface area contributed by atoms with Crippen LogP contribution in [0.4, 0.5) is 13.2 Å². The molecule has 0 saturated heterocycles. The zero-order valence-corrected chi connectivity index (χ0v) is 11.5. The number of nitrogens with zero attached hydrogens (tertiary/aromatic N) is 2. The first-order valence-corrected chi connectivity index (χ1v) is 6.59. The molecule has 2 heterocycles. The Hall–Kier alpha value is -2.01. The highest BCUT2D eigenvalue weighted by atomic mass is 35.5. The molecule has 0 aliphatic heterocycles. The van der Waals surface area contributed by atoms with Gasteiger partial charge in [-0.05, 0) is 23.8 Å². The van der Waals surface area contributed by atoms with Crippen molar-refractivity contribution in [2.45, 2.75) is 12.6 Å². The molecule has 0 unspecified atom stereocenters. The van der Waals surface area contributed by atoms with Crippen LogP contribution in [0, 0.1) is 0 Å². The Morgan fingerprint density at radius 1 is 1.14 bits per heavy atom. The molecular weight excluding hydrogens is 301 g/mol. The number of benzene rings is 1. The van der Waals surface area contributed by atoms with E-state index in [9.17, 15) is 13.2 Å². The van der Waals surface area contributed by atoms with Gasteiger partial charge in [-0.25, -0.2) is 4.98 Å². The lowest BCUT2D eigenvalue weighted by molar-refractivity contribution is -0.138. The Labute approximate surface area is 123 Å². The number of pyridine rings is 1. The summed E-state index contributed by atoms with van der Waals surface area (Å²) in [5, 5.41) is 0.560. The summed E-state index contributed by atoms with van der Waals surface area (Å²) in [5.74, 6) is 0.540. The van der Waals surface area contributed by atoms with E-state index in [1.807, 2.05) is 0 Å². The molecule has 0 atom stereocenters. The van der Waals surface area contributed by atoms with Crippen molar-refractivity contribution in [3.63, 3.8) is 0 Å². The van der Waals surface area contributed by atoms with Gasteiger partial charge in [-0.1, -0.05) is 29.8 Å². The Morgan fingerprint density at radius 2 is 1.90 bits per heavy atom. The number of hydrogen-bond donors (Lipinski definition) is 0. The third-order valence-electron chi connectivity index (χ3n) is 3.24. The van der Waals surface area contributed by atoms with Crippen LogP contribution in [0.3, 0.4) is 0 Å². The van der Waals surface area contributed by atoms with Crippen LogP contribution in [0.15, 0.2) is 48.8 Å². The second kappa shape index (κ2) is 5.07. The topological polar surface area (TPSA) is 17.3 Å². The van der Waals surface area contributed by atoms with Crippen LogP contribution < -0.4 is 0 Å². The first-order valence-electron chi connectivity index (χ1n) is 6.22. The molecule has 2 nitrogen and oxygen atoms in total. The monoisotopic (exact) mass is 310 g/mol. The third-order valence-corrected chi connectivity index (χ3v) is 3.48. The number of aromatic nitrogens is 2. The summed E-state index contributed by atoms with van der Waals surface area (Å²) in [6.07, 6.45) is -0.966. The van der Waals surface area contributed by atoms with Gasteiger partial charge >= 0.3 is 6.18 Å². The van der Waals surface area contributed by atoms with Gasteiger partial charge in [-0.2, -0.15) is 13.2 Å². The average Bonchev–Trinajstić information content (AvgIpc) is 2.80. The molecule has 0 saturated carbocycles. The molecule has 0 radical (unpaired) electrons. The summed E-state index contributed by atoms with van der Waals surface area (Å²) in [4.78, 5) is 4.19. The fourth-order valence-corrected chi connectivity index (χ4v) is 2.45. The quantitative estimate of drug-likeness (QED) is 0.676. The van der Waals surface area contributed by atoms with Gasteiger partial charge in [0.05, 0.1) is 17.3 Å². The molecule has 2 aromatic heterocycles. The molecule has 1 aromatic carbocycles. The summed E-state index contributed by atoms with van der Waals surface area (Å²) in [6.45, 7) is 0. The summed E-state index contributed by atoms with van der Waals surface area (Å²) in [6, 6.07) is 8.93. The van der Waals surface area contributed by atoms with Crippen LogP contribution in [-0.2, 0) is 12.6 Å². The number of halogens is 4. The van der Waals surface area contributed by atoms with Gasteiger partial charge in [0, 0.05) is 17.6 Å². The Bertz CT molecular complexity index is 793. The van der Waals surface area contributed by atoms with E-state index in [-0.39, 0.29) is 12.0 Å². The summed E-state index contributed by atoms with van der Waals surface area (Å²) >= 11 is 5.88. The van der Waals surface area contributed by atoms with Gasteiger partial charge in [-0.15, -0.1) is 0 Å². The van der Waals surface area contributed by atoms with Crippen LogP contribution in [0.2, 0.25) is 5.02 Å². The predicted molar refractivity (Wildman–Crippen MR) is 74.5 cm³/mol. The van der Waals surface area contributed by atoms with E-state index in [1.165, 1.54) is 12.1 Å². The van der Waals surface area contributed by atoms with Gasteiger partial charge in [0.1, 0.15) is 5.82 Å². The highest BCUT2D eigenvalue weighted by Crippen LogP contribution is 2.32. The van der Waals surface area contributed by atoms with Crippen molar-refractivity contribution in [1.82, 2.24) is 9.38 Å². The fourth-order valence-electron chi connectivity index (χ4n) is 2.28. The maximum atomic E-state index is 13.0. The minimum atomic E-state index is -4.37. The summed E-state index contributed by atoms with van der Waals surface area (Å²) in [5.41, 5.74) is 0.324. The lowest BCUT2D eigenvalue weighted by atomic mass is 10.0. The smallest absolute Gasteiger partial charge is 0.303 e.